The number of ether oxygens (including phenoxy) is 1. The first kappa shape index (κ1) is 15.3. The van der Waals surface area contributed by atoms with Crippen LogP contribution in [0.25, 0.3) is 0 Å². The summed E-state index contributed by atoms with van der Waals surface area (Å²) < 4.78 is 5.48. The Morgan fingerprint density at radius 3 is 2.75 bits per heavy atom. The van der Waals surface area contributed by atoms with E-state index in [4.69, 9.17) is 4.74 Å². The number of nitrogens with zero attached hydrogens (tertiary/aromatic N) is 1. The van der Waals surface area contributed by atoms with E-state index in [1.165, 1.54) is 37.7 Å². The number of methoxy groups -OCH3 is 1. The molecule has 0 amide bonds. The standard InChI is InChI=1S/C17H28N2O/c1-12-8-6-5-7-9-15(12)19-11-16-14(3)17(20-4)13(2)10-18-16/h10,12,15,19H,5-9,11H2,1-4H3. The lowest BCUT2D eigenvalue weighted by molar-refractivity contribution is 0.353. The second-order valence-corrected chi connectivity index (χ2v) is 6.15. The molecule has 2 unspecified atom stereocenters. The summed E-state index contributed by atoms with van der Waals surface area (Å²) in [6, 6.07) is 0.631. The van der Waals surface area contributed by atoms with E-state index in [1.54, 1.807) is 7.11 Å². The molecule has 2 atom stereocenters. The van der Waals surface area contributed by atoms with E-state index in [9.17, 15) is 0 Å². The van der Waals surface area contributed by atoms with Crippen LogP contribution in [-0.4, -0.2) is 18.1 Å². The fourth-order valence-corrected chi connectivity index (χ4v) is 3.27. The molecule has 0 radical (unpaired) electrons. The van der Waals surface area contributed by atoms with Crippen LogP contribution in [-0.2, 0) is 6.54 Å². The Hall–Kier alpha value is -1.09. The van der Waals surface area contributed by atoms with Gasteiger partial charge in [-0.25, -0.2) is 0 Å². The van der Waals surface area contributed by atoms with Gasteiger partial charge in [0, 0.05) is 29.9 Å². The predicted octanol–water partition coefficient (Wildman–Crippen LogP) is 3.77. The Bertz CT molecular complexity index is 445. The van der Waals surface area contributed by atoms with Crippen LogP contribution in [0.3, 0.4) is 0 Å². The third-order valence-electron chi connectivity index (χ3n) is 4.64. The second-order valence-electron chi connectivity index (χ2n) is 6.15. The maximum Gasteiger partial charge on any atom is 0.128 e. The minimum atomic E-state index is 0.631. The van der Waals surface area contributed by atoms with Crippen LogP contribution in [0.1, 0.15) is 55.8 Å². The Balaban J connectivity index is 2.03. The van der Waals surface area contributed by atoms with Crippen LogP contribution in [0.4, 0.5) is 0 Å². The minimum absolute atomic E-state index is 0.631. The van der Waals surface area contributed by atoms with Crippen molar-refractivity contribution >= 4 is 0 Å². The lowest BCUT2D eigenvalue weighted by Crippen LogP contribution is -2.34. The summed E-state index contributed by atoms with van der Waals surface area (Å²) in [4.78, 5) is 4.58. The quantitative estimate of drug-likeness (QED) is 0.850. The number of aromatic nitrogens is 1. The van der Waals surface area contributed by atoms with Gasteiger partial charge in [0.25, 0.3) is 0 Å². The largest absolute Gasteiger partial charge is 0.496 e. The van der Waals surface area contributed by atoms with Crippen molar-refractivity contribution in [1.29, 1.82) is 0 Å². The van der Waals surface area contributed by atoms with Crippen LogP contribution >= 0.6 is 0 Å². The van der Waals surface area contributed by atoms with E-state index in [1.807, 2.05) is 13.1 Å². The van der Waals surface area contributed by atoms with Crippen molar-refractivity contribution in [3.8, 4) is 5.75 Å². The van der Waals surface area contributed by atoms with Crippen molar-refractivity contribution in [3.63, 3.8) is 0 Å². The normalized spacial score (nSPS) is 23.4. The van der Waals surface area contributed by atoms with E-state index in [-0.39, 0.29) is 0 Å². The van der Waals surface area contributed by atoms with Crippen LogP contribution in [0.2, 0.25) is 0 Å². The summed E-state index contributed by atoms with van der Waals surface area (Å²) in [5.74, 6) is 1.75. The highest BCUT2D eigenvalue weighted by Gasteiger charge is 2.20. The predicted molar refractivity (Wildman–Crippen MR) is 83.1 cm³/mol. The first-order chi connectivity index (χ1) is 9.63. The number of nitrogens with one attached hydrogen (secondary N) is 1. The van der Waals surface area contributed by atoms with E-state index >= 15 is 0 Å². The third-order valence-corrected chi connectivity index (χ3v) is 4.64. The average molecular weight is 276 g/mol. The first-order valence-electron chi connectivity index (χ1n) is 7.86. The lowest BCUT2D eigenvalue weighted by Gasteiger charge is -2.23. The number of hydrogen-bond acceptors (Lipinski definition) is 3. The summed E-state index contributed by atoms with van der Waals surface area (Å²) in [5.41, 5.74) is 3.39. The van der Waals surface area contributed by atoms with Gasteiger partial charge in [0.2, 0.25) is 0 Å². The molecule has 1 aromatic rings. The van der Waals surface area contributed by atoms with Gasteiger partial charge in [-0.1, -0.05) is 26.2 Å². The topological polar surface area (TPSA) is 34.1 Å². The third kappa shape index (κ3) is 3.51. The average Bonchev–Trinajstić information content (AvgIpc) is 2.63. The maximum atomic E-state index is 5.48. The van der Waals surface area contributed by atoms with Crippen LogP contribution in [0.15, 0.2) is 6.20 Å². The van der Waals surface area contributed by atoms with Gasteiger partial charge >= 0.3 is 0 Å². The fourth-order valence-electron chi connectivity index (χ4n) is 3.27. The molecule has 2 rings (SSSR count). The summed E-state index contributed by atoms with van der Waals surface area (Å²) in [7, 11) is 1.74. The highest BCUT2D eigenvalue weighted by Crippen LogP contribution is 2.26. The van der Waals surface area contributed by atoms with E-state index in [0.29, 0.717) is 6.04 Å². The van der Waals surface area contributed by atoms with Crippen molar-refractivity contribution in [2.45, 2.75) is 65.5 Å². The van der Waals surface area contributed by atoms with Gasteiger partial charge in [-0.15, -0.1) is 0 Å². The monoisotopic (exact) mass is 276 g/mol. The van der Waals surface area contributed by atoms with Crippen LogP contribution in [0.5, 0.6) is 5.75 Å². The Labute approximate surface area is 123 Å². The summed E-state index contributed by atoms with van der Waals surface area (Å²) >= 11 is 0. The molecular weight excluding hydrogens is 248 g/mol. The molecule has 1 N–H and O–H groups in total. The summed E-state index contributed by atoms with van der Waals surface area (Å²) in [5, 5.41) is 3.72. The molecule has 112 valence electrons. The van der Waals surface area contributed by atoms with Crippen molar-refractivity contribution in [1.82, 2.24) is 10.3 Å². The number of rotatable bonds is 4. The van der Waals surface area contributed by atoms with Crippen LogP contribution < -0.4 is 10.1 Å². The van der Waals surface area contributed by atoms with Gasteiger partial charge in [-0.3, -0.25) is 4.98 Å². The summed E-state index contributed by atoms with van der Waals surface area (Å²) in [6.45, 7) is 7.37. The maximum absolute atomic E-state index is 5.48. The molecule has 3 nitrogen and oxygen atoms in total. The molecule has 0 bridgehead atoms. The minimum Gasteiger partial charge on any atom is -0.496 e. The molecule has 1 aromatic heterocycles. The number of hydrogen-bond donors (Lipinski definition) is 1. The number of aryl methyl sites for hydroxylation is 1. The zero-order valence-electron chi connectivity index (χ0n) is 13.3. The van der Waals surface area contributed by atoms with Gasteiger partial charge in [0.1, 0.15) is 5.75 Å². The zero-order chi connectivity index (χ0) is 14.5. The molecule has 3 heteroatoms. The molecule has 1 fully saturated rings. The fraction of sp³-hybridized carbons (Fsp3) is 0.706. The highest BCUT2D eigenvalue weighted by atomic mass is 16.5. The second kappa shape index (κ2) is 7.07. The Morgan fingerprint density at radius 2 is 2.00 bits per heavy atom. The molecule has 20 heavy (non-hydrogen) atoms. The first-order valence-corrected chi connectivity index (χ1v) is 7.86. The molecule has 0 spiro atoms. The van der Waals surface area contributed by atoms with Gasteiger partial charge in [0.15, 0.2) is 0 Å². The van der Waals surface area contributed by atoms with E-state index in [2.05, 4.69) is 24.1 Å². The summed E-state index contributed by atoms with van der Waals surface area (Å²) in [6.07, 6.45) is 8.68. The molecule has 1 aliphatic carbocycles. The van der Waals surface area contributed by atoms with Crippen molar-refractivity contribution in [2.75, 3.05) is 7.11 Å². The van der Waals surface area contributed by atoms with E-state index < -0.39 is 0 Å². The van der Waals surface area contributed by atoms with Crippen molar-refractivity contribution in [3.05, 3.63) is 23.0 Å². The highest BCUT2D eigenvalue weighted by molar-refractivity contribution is 5.40. The lowest BCUT2D eigenvalue weighted by atomic mass is 9.97. The van der Waals surface area contributed by atoms with Crippen molar-refractivity contribution in [2.24, 2.45) is 5.92 Å². The molecule has 0 aliphatic heterocycles. The molecule has 1 saturated carbocycles. The van der Waals surface area contributed by atoms with Gasteiger partial charge in [-0.05, 0) is 32.6 Å². The Kier molecular flexibility index (Phi) is 5.41. The number of pyridine rings is 1. The Morgan fingerprint density at radius 1 is 1.25 bits per heavy atom. The smallest absolute Gasteiger partial charge is 0.128 e. The molecule has 1 aliphatic rings. The zero-order valence-corrected chi connectivity index (χ0v) is 13.3. The molecule has 1 heterocycles. The molecular formula is C17H28N2O. The van der Waals surface area contributed by atoms with E-state index in [0.717, 1.165) is 29.5 Å². The SMILES string of the molecule is COc1c(C)cnc(CNC2CCCCCC2C)c1C. The molecule has 0 aromatic carbocycles. The molecule has 0 saturated heterocycles. The van der Waals surface area contributed by atoms with Crippen LogP contribution in [0, 0.1) is 19.8 Å². The van der Waals surface area contributed by atoms with Gasteiger partial charge in [0.05, 0.1) is 12.8 Å². The van der Waals surface area contributed by atoms with Gasteiger partial charge in [-0.2, -0.15) is 0 Å². The van der Waals surface area contributed by atoms with Crippen molar-refractivity contribution < 1.29 is 4.74 Å². The van der Waals surface area contributed by atoms with Gasteiger partial charge < -0.3 is 10.1 Å².